The van der Waals surface area contributed by atoms with E-state index in [4.69, 9.17) is 4.74 Å². The molecule has 0 aromatic carbocycles. The Bertz CT molecular complexity index is 724. The molecule has 3 heterocycles. The minimum atomic E-state index is -0.0303. The van der Waals surface area contributed by atoms with Crippen LogP contribution in [0.4, 0.5) is 0 Å². The van der Waals surface area contributed by atoms with E-state index in [1.54, 1.807) is 12.3 Å². The van der Waals surface area contributed by atoms with Crippen LogP contribution in [-0.4, -0.2) is 45.3 Å². The second-order valence-corrected chi connectivity index (χ2v) is 6.76. The summed E-state index contributed by atoms with van der Waals surface area (Å²) >= 11 is 0. The third-order valence-corrected chi connectivity index (χ3v) is 4.79. The lowest BCUT2D eigenvalue weighted by Gasteiger charge is -2.33. The first kappa shape index (κ1) is 15.3. The average Bonchev–Trinajstić information content (AvgIpc) is 3.36. The topological polar surface area (TPSA) is 60.2 Å². The molecule has 1 atom stereocenters. The predicted octanol–water partition coefficient (Wildman–Crippen LogP) is 1.98. The summed E-state index contributed by atoms with van der Waals surface area (Å²) in [6.07, 6.45) is 6.09. The molecule has 126 valence electrons. The Kier molecular flexibility index (Phi) is 4.06. The lowest BCUT2D eigenvalue weighted by molar-refractivity contribution is 0.0616. The summed E-state index contributed by atoms with van der Waals surface area (Å²) in [4.78, 5) is 18.8. The molecule has 0 spiro atoms. The Morgan fingerprint density at radius 1 is 1.33 bits per heavy atom. The summed E-state index contributed by atoms with van der Waals surface area (Å²) in [6, 6.07) is 5.43. The van der Waals surface area contributed by atoms with Gasteiger partial charge in [-0.25, -0.2) is 0 Å². The maximum absolute atomic E-state index is 12.7. The van der Waals surface area contributed by atoms with E-state index in [0.29, 0.717) is 25.4 Å². The highest BCUT2D eigenvalue weighted by Crippen LogP contribution is 2.31. The van der Waals surface area contributed by atoms with Crippen LogP contribution in [0, 0.1) is 5.92 Å². The lowest BCUT2D eigenvalue weighted by Crippen LogP contribution is -2.40. The summed E-state index contributed by atoms with van der Waals surface area (Å²) in [6.45, 7) is 2.69. The second kappa shape index (κ2) is 6.36. The molecule has 6 heteroatoms. The van der Waals surface area contributed by atoms with Crippen LogP contribution in [0.5, 0.6) is 0 Å². The zero-order valence-corrected chi connectivity index (χ0v) is 13.9. The number of fused-ring (bicyclic) bond motifs is 1. The second-order valence-electron chi connectivity index (χ2n) is 6.76. The minimum absolute atomic E-state index is 0.0303. The molecule has 2 aromatic rings. The van der Waals surface area contributed by atoms with Gasteiger partial charge in [0, 0.05) is 44.4 Å². The maximum atomic E-state index is 12.7. The zero-order valence-electron chi connectivity index (χ0n) is 13.9. The molecular formula is C18H22N4O2. The Morgan fingerprint density at radius 3 is 2.96 bits per heavy atom. The smallest absolute Gasteiger partial charge is 0.272 e. The number of aromatic nitrogens is 3. The number of nitrogens with zero attached hydrogens (tertiary/aromatic N) is 4. The van der Waals surface area contributed by atoms with E-state index in [0.717, 1.165) is 18.1 Å². The third-order valence-electron chi connectivity index (χ3n) is 4.79. The third kappa shape index (κ3) is 3.06. The van der Waals surface area contributed by atoms with Crippen molar-refractivity contribution in [2.24, 2.45) is 13.0 Å². The van der Waals surface area contributed by atoms with Crippen molar-refractivity contribution in [1.82, 2.24) is 19.7 Å². The van der Waals surface area contributed by atoms with Gasteiger partial charge in [0.05, 0.1) is 18.5 Å². The van der Waals surface area contributed by atoms with Gasteiger partial charge in [-0.3, -0.25) is 14.5 Å². The van der Waals surface area contributed by atoms with Gasteiger partial charge in [-0.05, 0) is 30.9 Å². The van der Waals surface area contributed by atoms with Crippen molar-refractivity contribution >= 4 is 5.91 Å². The van der Waals surface area contributed by atoms with Crippen LogP contribution in [0.2, 0.25) is 0 Å². The number of carbonyl (C=O) groups excluding carboxylic acids is 1. The van der Waals surface area contributed by atoms with Gasteiger partial charge in [0.2, 0.25) is 0 Å². The number of hydrogen-bond acceptors (Lipinski definition) is 4. The van der Waals surface area contributed by atoms with Gasteiger partial charge in [-0.2, -0.15) is 5.10 Å². The van der Waals surface area contributed by atoms with Gasteiger partial charge in [-0.15, -0.1) is 0 Å². The van der Waals surface area contributed by atoms with E-state index in [2.05, 4.69) is 10.1 Å². The first-order valence-corrected chi connectivity index (χ1v) is 8.51. The fraction of sp³-hybridized carbons (Fsp3) is 0.500. The van der Waals surface area contributed by atoms with E-state index in [-0.39, 0.29) is 11.8 Å². The van der Waals surface area contributed by atoms with Crippen molar-refractivity contribution in [2.45, 2.75) is 25.3 Å². The van der Waals surface area contributed by atoms with Crippen LogP contribution >= 0.6 is 0 Å². The Balaban J connectivity index is 1.52. The number of hydrogen-bond donors (Lipinski definition) is 0. The quantitative estimate of drug-likeness (QED) is 0.843. The molecule has 1 saturated carbocycles. The number of amides is 1. The molecule has 0 radical (unpaired) electrons. The number of pyridine rings is 1. The molecule has 1 aliphatic heterocycles. The van der Waals surface area contributed by atoms with Gasteiger partial charge >= 0.3 is 0 Å². The van der Waals surface area contributed by atoms with E-state index in [1.165, 1.54) is 18.5 Å². The number of carbonyl (C=O) groups is 1. The summed E-state index contributed by atoms with van der Waals surface area (Å²) in [5.74, 6) is 0.871. The first-order valence-electron chi connectivity index (χ1n) is 8.51. The summed E-state index contributed by atoms with van der Waals surface area (Å²) in [5.41, 5.74) is 2.78. The highest BCUT2D eigenvalue weighted by atomic mass is 16.5. The van der Waals surface area contributed by atoms with E-state index < -0.39 is 0 Å². The fourth-order valence-electron chi connectivity index (χ4n) is 3.36. The molecule has 4 rings (SSSR count). The molecule has 1 amide bonds. The lowest BCUT2D eigenvalue weighted by atomic mass is 9.96. The van der Waals surface area contributed by atoms with Crippen molar-refractivity contribution in [2.75, 3.05) is 19.8 Å². The monoisotopic (exact) mass is 326 g/mol. The molecule has 0 bridgehead atoms. The van der Waals surface area contributed by atoms with Crippen molar-refractivity contribution in [1.29, 1.82) is 0 Å². The summed E-state index contributed by atoms with van der Waals surface area (Å²) in [7, 11) is 1.96. The summed E-state index contributed by atoms with van der Waals surface area (Å²) < 4.78 is 7.84. The molecule has 1 fully saturated rings. The standard InChI is InChI=1S/C18H22N4O2/c1-21-17-14(8-20-21)9-22(18(23)16-4-2-3-7-19-16)10-15(17)12-24-11-13-5-6-13/h2-4,7-8,13,15H,5-6,9-12H2,1H3. The highest BCUT2D eigenvalue weighted by Gasteiger charge is 2.32. The normalized spacial score (nSPS) is 20.0. The SMILES string of the molecule is Cn1ncc2c1C(COCC1CC1)CN(C(=O)c1ccccn1)C2. The predicted molar refractivity (Wildman–Crippen MR) is 88.5 cm³/mol. The molecule has 24 heavy (non-hydrogen) atoms. The van der Waals surface area contributed by atoms with Gasteiger partial charge in [0.25, 0.3) is 5.91 Å². The van der Waals surface area contributed by atoms with Gasteiger partial charge < -0.3 is 9.64 Å². The zero-order chi connectivity index (χ0) is 16.5. The largest absolute Gasteiger partial charge is 0.380 e. The molecule has 6 nitrogen and oxygen atoms in total. The molecule has 0 N–H and O–H groups in total. The van der Waals surface area contributed by atoms with Crippen LogP contribution in [0.25, 0.3) is 0 Å². The van der Waals surface area contributed by atoms with E-state index >= 15 is 0 Å². The molecule has 1 aliphatic carbocycles. The van der Waals surface area contributed by atoms with Gasteiger partial charge in [0.1, 0.15) is 5.69 Å². The Labute approximate surface area is 141 Å². The van der Waals surface area contributed by atoms with Crippen molar-refractivity contribution in [3.63, 3.8) is 0 Å². The Morgan fingerprint density at radius 2 is 2.21 bits per heavy atom. The van der Waals surface area contributed by atoms with Gasteiger partial charge in [0.15, 0.2) is 0 Å². The summed E-state index contributed by atoms with van der Waals surface area (Å²) in [5, 5.41) is 4.38. The number of aryl methyl sites for hydroxylation is 1. The van der Waals surface area contributed by atoms with Crippen LogP contribution in [0.1, 0.15) is 40.5 Å². The van der Waals surface area contributed by atoms with Crippen LogP contribution in [0.3, 0.4) is 0 Å². The van der Waals surface area contributed by atoms with Gasteiger partial charge in [-0.1, -0.05) is 6.07 Å². The van der Waals surface area contributed by atoms with E-state index in [9.17, 15) is 4.79 Å². The fourth-order valence-corrected chi connectivity index (χ4v) is 3.36. The van der Waals surface area contributed by atoms with Crippen molar-refractivity contribution < 1.29 is 9.53 Å². The van der Waals surface area contributed by atoms with Crippen LogP contribution in [-0.2, 0) is 18.3 Å². The first-order chi connectivity index (χ1) is 11.7. The number of ether oxygens (including phenoxy) is 1. The molecular weight excluding hydrogens is 304 g/mol. The Hall–Kier alpha value is -2.21. The maximum Gasteiger partial charge on any atom is 0.272 e. The highest BCUT2D eigenvalue weighted by molar-refractivity contribution is 5.92. The van der Waals surface area contributed by atoms with Crippen LogP contribution in [0.15, 0.2) is 30.6 Å². The van der Waals surface area contributed by atoms with E-state index in [1.807, 2.05) is 35.0 Å². The molecule has 2 aliphatic rings. The molecule has 2 aromatic heterocycles. The number of rotatable bonds is 5. The van der Waals surface area contributed by atoms with Crippen molar-refractivity contribution in [3.8, 4) is 0 Å². The molecule has 1 unspecified atom stereocenters. The van der Waals surface area contributed by atoms with Crippen LogP contribution < -0.4 is 0 Å². The minimum Gasteiger partial charge on any atom is -0.380 e. The average molecular weight is 326 g/mol. The van der Waals surface area contributed by atoms with Crippen molar-refractivity contribution in [3.05, 3.63) is 47.5 Å². The molecule has 0 saturated heterocycles.